The van der Waals surface area contributed by atoms with E-state index in [1.165, 1.54) is 0 Å². The Balaban J connectivity index is 2.46. The van der Waals surface area contributed by atoms with Crippen LogP contribution in [0.15, 0.2) is 24.3 Å². The number of hydrogen-bond acceptors (Lipinski definition) is 4. The van der Waals surface area contributed by atoms with Crippen molar-refractivity contribution in [3.63, 3.8) is 0 Å². The van der Waals surface area contributed by atoms with E-state index < -0.39 is 5.79 Å². The first-order valence-electron chi connectivity index (χ1n) is 6.21. The summed E-state index contributed by atoms with van der Waals surface area (Å²) < 4.78 is 16.6. The van der Waals surface area contributed by atoms with Gasteiger partial charge in [0.05, 0.1) is 18.7 Å². The van der Waals surface area contributed by atoms with Gasteiger partial charge in [-0.15, -0.1) is 0 Å². The zero-order valence-corrected chi connectivity index (χ0v) is 11.4. The quantitative estimate of drug-likeness (QED) is 0.818. The minimum absolute atomic E-state index is 0.0124. The van der Waals surface area contributed by atoms with Gasteiger partial charge in [-0.3, -0.25) is 4.79 Å². The molecule has 1 amide bonds. The van der Waals surface area contributed by atoms with Crippen LogP contribution < -0.4 is 10.1 Å². The lowest BCUT2D eigenvalue weighted by Gasteiger charge is -2.37. The smallest absolute Gasteiger partial charge is 0.220 e. The molecule has 2 rings (SSSR count). The second-order valence-electron chi connectivity index (χ2n) is 4.43. The van der Waals surface area contributed by atoms with Gasteiger partial charge in [-0.2, -0.15) is 0 Å². The van der Waals surface area contributed by atoms with Gasteiger partial charge in [0, 0.05) is 20.6 Å². The van der Waals surface area contributed by atoms with E-state index in [2.05, 4.69) is 5.32 Å². The Hall–Kier alpha value is -1.59. The number of rotatable bonds is 5. The van der Waals surface area contributed by atoms with Crippen molar-refractivity contribution >= 4 is 5.91 Å². The molecule has 5 heteroatoms. The molecule has 0 aromatic heterocycles. The summed E-state index contributed by atoms with van der Waals surface area (Å²) >= 11 is 0. The Morgan fingerprint density at radius 3 is 2.42 bits per heavy atom. The van der Waals surface area contributed by atoms with Crippen LogP contribution in [0, 0.1) is 0 Å². The largest absolute Gasteiger partial charge is 0.496 e. The van der Waals surface area contributed by atoms with Crippen LogP contribution >= 0.6 is 0 Å². The molecule has 1 aromatic carbocycles. The number of nitrogens with one attached hydrogen (secondary N) is 1. The Bertz CT molecular complexity index is 457. The molecule has 104 valence electrons. The maximum absolute atomic E-state index is 11.5. The van der Waals surface area contributed by atoms with Crippen molar-refractivity contribution in [2.24, 2.45) is 0 Å². The predicted octanol–water partition coefficient (Wildman–Crippen LogP) is 1.42. The molecule has 19 heavy (non-hydrogen) atoms. The Kier molecular flexibility index (Phi) is 4.07. The van der Waals surface area contributed by atoms with Crippen molar-refractivity contribution in [1.82, 2.24) is 5.32 Å². The summed E-state index contributed by atoms with van der Waals surface area (Å²) in [4.78, 5) is 11.5. The number of ether oxygens (including phenoxy) is 3. The fourth-order valence-corrected chi connectivity index (χ4v) is 2.61. The lowest BCUT2D eigenvalue weighted by Crippen LogP contribution is -2.49. The highest BCUT2D eigenvalue weighted by Crippen LogP contribution is 2.39. The summed E-state index contributed by atoms with van der Waals surface area (Å²) in [6, 6.07) is 7.27. The predicted molar refractivity (Wildman–Crippen MR) is 69.9 cm³/mol. The van der Waals surface area contributed by atoms with Crippen LogP contribution in [0.3, 0.4) is 0 Å². The Morgan fingerprint density at radius 2 is 1.89 bits per heavy atom. The average Bonchev–Trinajstić information content (AvgIpc) is 2.88. The fraction of sp³-hybridized carbons (Fsp3) is 0.500. The lowest BCUT2D eigenvalue weighted by molar-refractivity contribution is -0.233. The van der Waals surface area contributed by atoms with Gasteiger partial charge in [-0.25, -0.2) is 0 Å². The molecule has 0 bridgehead atoms. The van der Waals surface area contributed by atoms with Gasteiger partial charge in [0.2, 0.25) is 11.7 Å². The van der Waals surface area contributed by atoms with E-state index in [1.807, 2.05) is 24.3 Å². The summed E-state index contributed by atoms with van der Waals surface area (Å²) in [6.07, 6.45) is 1.15. The number of hydrogen-bond donors (Lipinski definition) is 1. The van der Waals surface area contributed by atoms with Crippen molar-refractivity contribution in [2.75, 3.05) is 21.3 Å². The third-order valence-electron chi connectivity index (χ3n) is 3.54. The second kappa shape index (κ2) is 5.59. The topological polar surface area (TPSA) is 56.8 Å². The summed E-state index contributed by atoms with van der Waals surface area (Å²) in [7, 11) is 4.74. The summed E-state index contributed by atoms with van der Waals surface area (Å²) in [5.41, 5.74) is 0.773. The molecule has 1 atom stereocenters. The zero-order valence-electron chi connectivity index (χ0n) is 11.4. The molecular formula is C14H19NO4. The third-order valence-corrected chi connectivity index (χ3v) is 3.54. The van der Waals surface area contributed by atoms with Crippen molar-refractivity contribution in [2.45, 2.75) is 24.7 Å². The first-order valence-corrected chi connectivity index (χ1v) is 6.21. The second-order valence-corrected chi connectivity index (χ2v) is 4.43. The first-order chi connectivity index (χ1) is 9.17. The van der Waals surface area contributed by atoms with Crippen LogP contribution in [0.5, 0.6) is 5.75 Å². The molecule has 1 unspecified atom stereocenters. The summed E-state index contributed by atoms with van der Waals surface area (Å²) in [6.45, 7) is 0. The standard InChI is InChI=1S/C14H19NO4/c1-17-11-7-5-4-6-10(11)14(18-2,19-3)12-8-9-13(16)15-12/h4-7,12H,8-9H2,1-3H3,(H,15,16). The fourth-order valence-electron chi connectivity index (χ4n) is 2.61. The van der Waals surface area contributed by atoms with Crippen LogP contribution in [0.2, 0.25) is 0 Å². The van der Waals surface area contributed by atoms with E-state index in [4.69, 9.17) is 14.2 Å². The molecule has 0 spiro atoms. The number of carbonyl (C=O) groups excluding carboxylic acids is 1. The van der Waals surface area contributed by atoms with Gasteiger partial charge in [-0.05, 0) is 18.6 Å². The SMILES string of the molecule is COc1ccccc1C(OC)(OC)C1CCC(=O)N1. The van der Waals surface area contributed by atoms with Crippen LogP contribution in [-0.4, -0.2) is 33.3 Å². The molecule has 1 saturated heterocycles. The van der Waals surface area contributed by atoms with Gasteiger partial charge in [0.25, 0.3) is 0 Å². The maximum Gasteiger partial charge on any atom is 0.220 e. The van der Waals surface area contributed by atoms with Crippen molar-refractivity contribution in [3.05, 3.63) is 29.8 Å². The van der Waals surface area contributed by atoms with Gasteiger partial charge in [0.15, 0.2) is 0 Å². The Labute approximate surface area is 112 Å². The molecule has 0 radical (unpaired) electrons. The van der Waals surface area contributed by atoms with Crippen LogP contribution in [0.1, 0.15) is 18.4 Å². The monoisotopic (exact) mass is 265 g/mol. The van der Waals surface area contributed by atoms with Gasteiger partial charge < -0.3 is 19.5 Å². The lowest BCUT2D eigenvalue weighted by atomic mass is 9.95. The summed E-state index contributed by atoms with van der Waals surface area (Å²) in [5, 5.41) is 2.90. The zero-order chi connectivity index (χ0) is 13.9. The van der Waals surface area contributed by atoms with Gasteiger partial charge in [-0.1, -0.05) is 12.1 Å². The molecule has 1 heterocycles. The normalized spacial score (nSPS) is 19.3. The van der Waals surface area contributed by atoms with E-state index in [-0.39, 0.29) is 11.9 Å². The van der Waals surface area contributed by atoms with Gasteiger partial charge >= 0.3 is 0 Å². The third kappa shape index (κ3) is 2.31. The van der Waals surface area contributed by atoms with Crippen molar-refractivity contribution in [1.29, 1.82) is 0 Å². The molecule has 1 N–H and O–H groups in total. The average molecular weight is 265 g/mol. The van der Waals surface area contributed by atoms with E-state index in [9.17, 15) is 4.79 Å². The highest BCUT2D eigenvalue weighted by molar-refractivity contribution is 5.78. The van der Waals surface area contributed by atoms with Crippen LogP contribution in [-0.2, 0) is 20.1 Å². The molecule has 1 aromatic rings. The number of carbonyl (C=O) groups is 1. The number of amides is 1. The molecule has 0 saturated carbocycles. The summed E-state index contributed by atoms with van der Waals surface area (Å²) in [5.74, 6) is -0.343. The van der Waals surface area contributed by atoms with E-state index in [0.29, 0.717) is 18.6 Å². The van der Waals surface area contributed by atoms with Crippen LogP contribution in [0.4, 0.5) is 0 Å². The highest BCUT2D eigenvalue weighted by Gasteiger charge is 2.46. The van der Waals surface area contributed by atoms with E-state index >= 15 is 0 Å². The Morgan fingerprint density at radius 1 is 1.21 bits per heavy atom. The van der Waals surface area contributed by atoms with Crippen molar-refractivity contribution in [3.8, 4) is 5.75 Å². The van der Waals surface area contributed by atoms with Gasteiger partial charge in [0.1, 0.15) is 5.75 Å². The molecular weight excluding hydrogens is 246 g/mol. The number of methoxy groups -OCH3 is 3. The van der Waals surface area contributed by atoms with E-state index in [0.717, 1.165) is 5.56 Å². The molecule has 1 fully saturated rings. The van der Waals surface area contributed by atoms with E-state index in [1.54, 1.807) is 21.3 Å². The highest BCUT2D eigenvalue weighted by atomic mass is 16.7. The number of para-hydroxylation sites is 1. The maximum atomic E-state index is 11.5. The molecule has 5 nitrogen and oxygen atoms in total. The first kappa shape index (κ1) is 13.8. The molecule has 1 aliphatic heterocycles. The minimum atomic E-state index is -1.03. The molecule has 0 aliphatic carbocycles. The van der Waals surface area contributed by atoms with Crippen molar-refractivity contribution < 1.29 is 19.0 Å². The number of benzene rings is 1. The molecule has 1 aliphatic rings. The van der Waals surface area contributed by atoms with Crippen LogP contribution in [0.25, 0.3) is 0 Å². The minimum Gasteiger partial charge on any atom is -0.496 e.